The van der Waals surface area contributed by atoms with Gasteiger partial charge in [0.1, 0.15) is 0 Å². The number of nitrogens with one attached hydrogen (secondary N) is 1. The Labute approximate surface area is 141 Å². The largest absolute Gasteiger partial charge is 0.393 e. The standard InChI is InChI=1S/C19H23N3O2/c20-18(24)14-9-21-15-3-1-2-13(15)16(14)22-19-6-10-4-11(7-19)17(23)12(5-10)8-19/h1-2,9-12,17,23H,3-8H2,(H2,20,24)(H,21,22)/t10?,11-,12+,17?,19?. The molecule has 5 aliphatic rings. The zero-order valence-corrected chi connectivity index (χ0v) is 13.7. The number of pyridine rings is 1. The van der Waals surface area contributed by atoms with Crippen LogP contribution in [-0.2, 0) is 6.42 Å². The monoisotopic (exact) mass is 325 g/mol. The van der Waals surface area contributed by atoms with Gasteiger partial charge in [0, 0.05) is 23.7 Å². The van der Waals surface area contributed by atoms with Gasteiger partial charge in [0.05, 0.1) is 23.0 Å². The minimum atomic E-state index is -0.433. The van der Waals surface area contributed by atoms with Crippen LogP contribution in [0.5, 0.6) is 0 Å². The average molecular weight is 325 g/mol. The average Bonchev–Trinajstić information content (AvgIpc) is 3.00. The van der Waals surface area contributed by atoms with Crippen molar-refractivity contribution >= 4 is 17.7 Å². The molecule has 5 nitrogen and oxygen atoms in total. The number of carbonyl (C=O) groups is 1. The fraction of sp³-hybridized carbons (Fsp3) is 0.579. The van der Waals surface area contributed by atoms with Crippen molar-refractivity contribution in [3.63, 3.8) is 0 Å². The number of allylic oxidation sites excluding steroid dienone is 1. The van der Waals surface area contributed by atoms with Crippen LogP contribution in [0.1, 0.15) is 53.7 Å². The first-order valence-corrected chi connectivity index (χ1v) is 8.99. The number of fused-ring (bicyclic) bond motifs is 1. The first-order valence-electron chi connectivity index (χ1n) is 8.99. The molecule has 4 bridgehead atoms. The second-order valence-corrected chi connectivity index (χ2v) is 8.24. The SMILES string of the molecule is NC(=O)c1cnc2c(c1NC13CC4C[C@H](C1)C(O)[C@@H](C4)C3)C=CC2. The number of amides is 1. The molecule has 4 saturated carbocycles. The predicted molar refractivity (Wildman–Crippen MR) is 91.4 cm³/mol. The molecule has 0 spiro atoms. The van der Waals surface area contributed by atoms with Crippen LogP contribution >= 0.6 is 0 Å². The number of rotatable bonds is 3. The summed E-state index contributed by atoms with van der Waals surface area (Å²) >= 11 is 0. The van der Waals surface area contributed by atoms with E-state index in [1.165, 1.54) is 0 Å². The van der Waals surface area contributed by atoms with Gasteiger partial charge in [-0.2, -0.15) is 0 Å². The molecule has 126 valence electrons. The van der Waals surface area contributed by atoms with E-state index in [9.17, 15) is 9.90 Å². The summed E-state index contributed by atoms with van der Waals surface area (Å²) in [6.07, 6.45) is 11.8. The van der Waals surface area contributed by atoms with E-state index < -0.39 is 5.91 Å². The summed E-state index contributed by atoms with van der Waals surface area (Å²) in [7, 11) is 0. The first-order chi connectivity index (χ1) is 11.5. The van der Waals surface area contributed by atoms with Crippen LogP contribution in [0, 0.1) is 17.8 Å². The molecule has 0 saturated heterocycles. The summed E-state index contributed by atoms with van der Waals surface area (Å²) in [5.41, 5.74) is 8.97. The van der Waals surface area contributed by atoms with E-state index in [1.54, 1.807) is 6.20 Å². The lowest BCUT2D eigenvalue weighted by molar-refractivity contribution is -0.0960. The number of aliphatic hydroxyl groups is 1. The number of nitrogens with zero attached hydrogens (tertiary/aromatic N) is 1. The number of hydrogen-bond acceptors (Lipinski definition) is 4. The number of aliphatic hydroxyl groups excluding tert-OH is 1. The van der Waals surface area contributed by atoms with Crippen molar-refractivity contribution in [2.45, 2.75) is 50.2 Å². The molecule has 1 amide bonds. The molecule has 0 aliphatic heterocycles. The molecule has 5 aliphatic carbocycles. The predicted octanol–water partition coefficient (Wildman–Crippen LogP) is 2.10. The normalized spacial score (nSPS) is 38.4. The van der Waals surface area contributed by atoms with Crippen LogP contribution in [0.25, 0.3) is 6.08 Å². The van der Waals surface area contributed by atoms with Crippen molar-refractivity contribution in [3.8, 4) is 0 Å². The summed E-state index contributed by atoms with van der Waals surface area (Å²) in [6.45, 7) is 0. The molecule has 5 heteroatoms. The van der Waals surface area contributed by atoms with Gasteiger partial charge in [-0.1, -0.05) is 12.2 Å². The number of anilines is 1. The van der Waals surface area contributed by atoms with Gasteiger partial charge in [-0.15, -0.1) is 0 Å². The van der Waals surface area contributed by atoms with Crippen molar-refractivity contribution in [1.29, 1.82) is 0 Å². The third kappa shape index (κ3) is 1.97. The fourth-order valence-electron chi connectivity index (χ4n) is 5.93. The van der Waals surface area contributed by atoms with Crippen molar-refractivity contribution < 1.29 is 9.90 Å². The molecule has 24 heavy (non-hydrogen) atoms. The van der Waals surface area contributed by atoms with Gasteiger partial charge in [-0.05, 0) is 49.9 Å². The number of primary amides is 1. The van der Waals surface area contributed by atoms with Crippen LogP contribution in [0.2, 0.25) is 0 Å². The quantitative estimate of drug-likeness (QED) is 0.794. The van der Waals surface area contributed by atoms with Crippen molar-refractivity contribution in [1.82, 2.24) is 4.98 Å². The molecule has 0 aromatic carbocycles. The highest BCUT2D eigenvalue weighted by molar-refractivity contribution is 6.00. The topological polar surface area (TPSA) is 88.2 Å². The Bertz CT molecular complexity index is 741. The zero-order chi connectivity index (χ0) is 16.5. The van der Waals surface area contributed by atoms with E-state index in [-0.39, 0.29) is 11.6 Å². The van der Waals surface area contributed by atoms with E-state index in [0.717, 1.165) is 55.5 Å². The fourth-order valence-corrected chi connectivity index (χ4v) is 5.93. The summed E-state index contributed by atoms with van der Waals surface area (Å²) in [4.78, 5) is 16.3. The van der Waals surface area contributed by atoms with E-state index in [0.29, 0.717) is 23.3 Å². The summed E-state index contributed by atoms with van der Waals surface area (Å²) < 4.78 is 0. The maximum absolute atomic E-state index is 11.9. The third-order valence-electron chi connectivity index (χ3n) is 6.67. The Balaban J connectivity index is 1.56. The van der Waals surface area contributed by atoms with Crippen LogP contribution in [0.3, 0.4) is 0 Å². The maximum Gasteiger partial charge on any atom is 0.252 e. The van der Waals surface area contributed by atoms with Crippen LogP contribution in [0.4, 0.5) is 5.69 Å². The second kappa shape index (κ2) is 4.82. The highest BCUT2D eigenvalue weighted by Gasteiger charge is 2.55. The lowest BCUT2D eigenvalue weighted by atomic mass is 9.51. The molecule has 4 N–H and O–H groups in total. The van der Waals surface area contributed by atoms with Crippen molar-refractivity contribution in [3.05, 3.63) is 29.1 Å². The number of aromatic nitrogens is 1. The molecular formula is C19H23N3O2. The van der Waals surface area contributed by atoms with Crippen LogP contribution < -0.4 is 11.1 Å². The minimum Gasteiger partial charge on any atom is -0.393 e. The minimum absolute atomic E-state index is 0.00845. The van der Waals surface area contributed by atoms with Gasteiger partial charge in [0.25, 0.3) is 5.91 Å². The van der Waals surface area contributed by atoms with Crippen molar-refractivity contribution in [2.24, 2.45) is 23.5 Å². The molecule has 1 aromatic rings. The molecule has 0 radical (unpaired) electrons. The van der Waals surface area contributed by atoms with Gasteiger partial charge >= 0.3 is 0 Å². The molecule has 1 aromatic heterocycles. The lowest BCUT2D eigenvalue weighted by Crippen LogP contribution is -2.60. The molecule has 4 fully saturated rings. The molecule has 5 atom stereocenters. The highest BCUT2D eigenvalue weighted by Crippen LogP contribution is 2.57. The number of nitrogens with two attached hydrogens (primary N) is 1. The second-order valence-electron chi connectivity index (χ2n) is 8.24. The van der Waals surface area contributed by atoms with Gasteiger partial charge < -0.3 is 16.2 Å². The van der Waals surface area contributed by atoms with Gasteiger partial charge in [0.2, 0.25) is 0 Å². The molecule has 6 rings (SSSR count). The Hall–Kier alpha value is -1.88. The van der Waals surface area contributed by atoms with Crippen molar-refractivity contribution in [2.75, 3.05) is 5.32 Å². The van der Waals surface area contributed by atoms with E-state index in [2.05, 4.69) is 16.4 Å². The lowest BCUT2D eigenvalue weighted by Gasteiger charge is -2.59. The third-order valence-corrected chi connectivity index (χ3v) is 6.67. The van der Waals surface area contributed by atoms with E-state index in [4.69, 9.17) is 5.73 Å². The van der Waals surface area contributed by atoms with Crippen LogP contribution in [0.15, 0.2) is 12.3 Å². The van der Waals surface area contributed by atoms with Gasteiger partial charge in [-0.25, -0.2) is 0 Å². The Morgan fingerprint density at radius 1 is 1.29 bits per heavy atom. The Morgan fingerprint density at radius 2 is 2.04 bits per heavy atom. The first kappa shape index (κ1) is 14.5. The van der Waals surface area contributed by atoms with E-state index >= 15 is 0 Å². The summed E-state index contributed by atoms with van der Waals surface area (Å²) in [5.74, 6) is 1.05. The zero-order valence-electron chi connectivity index (χ0n) is 13.7. The highest BCUT2D eigenvalue weighted by atomic mass is 16.3. The number of carbonyl (C=O) groups excluding carboxylic acids is 1. The van der Waals surface area contributed by atoms with Gasteiger partial charge in [-0.3, -0.25) is 9.78 Å². The molecular weight excluding hydrogens is 302 g/mol. The van der Waals surface area contributed by atoms with Crippen LogP contribution in [-0.4, -0.2) is 27.6 Å². The Morgan fingerprint density at radius 3 is 2.75 bits per heavy atom. The maximum atomic E-state index is 11.9. The summed E-state index contributed by atoms with van der Waals surface area (Å²) in [5, 5.41) is 14.2. The molecule has 3 unspecified atom stereocenters. The number of hydrogen-bond donors (Lipinski definition) is 3. The molecule has 1 heterocycles. The van der Waals surface area contributed by atoms with Gasteiger partial charge in [0.15, 0.2) is 0 Å². The Kier molecular flexibility index (Phi) is 2.90. The van der Waals surface area contributed by atoms with E-state index in [1.807, 2.05) is 6.08 Å². The summed E-state index contributed by atoms with van der Waals surface area (Å²) in [6, 6.07) is 0. The smallest absolute Gasteiger partial charge is 0.252 e.